The maximum Gasteiger partial charge on any atom is 0.332 e. The summed E-state index contributed by atoms with van der Waals surface area (Å²) in [6.45, 7) is 0.719. The van der Waals surface area contributed by atoms with E-state index in [9.17, 15) is 9.90 Å². The van der Waals surface area contributed by atoms with Crippen molar-refractivity contribution in [2.75, 3.05) is 6.54 Å². The fourth-order valence-electron chi connectivity index (χ4n) is 1.85. The van der Waals surface area contributed by atoms with Crippen LogP contribution in [-0.4, -0.2) is 35.0 Å². The highest BCUT2D eigenvalue weighted by Gasteiger charge is 2.12. The van der Waals surface area contributed by atoms with Crippen LogP contribution >= 0.6 is 0 Å². The molecule has 0 aromatic heterocycles. The Bertz CT molecular complexity index is 488. The molecule has 1 aliphatic rings. The first kappa shape index (κ1) is 12.5. The SMILES string of the molecule is O=C(O)C(O)CCc1ccc(C2=CC=NC2)cc1. The topological polar surface area (TPSA) is 69.9 Å². The zero-order valence-corrected chi connectivity index (χ0v) is 9.91. The van der Waals surface area contributed by atoms with Crippen molar-refractivity contribution in [3.05, 3.63) is 41.5 Å². The Balaban J connectivity index is 1.94. The van der Waals surface area contributed by atoms with E-state index in [0.29, 0.717) is 6.42 Å². The van der Waals surface area contributed by atoms with Gasteiger partial charge in [0.1, 0.15) is 0 Å². The largest absolute Gasteiger partial charge is 0.479 e. The lowest BCUT2D eigenvalue weighted by atomic mass is 10.0. The number of carbonyl (C=O) groups is 1. The number of benzene rings is 1. The Morgan fingerprint density at radius 3 is 2.61 bits per heavy atom. The van der Waals surface area contributed by atoms with Gasteiger partial charge >= 0.3 is 5.97 Å². The summed E-state index contributed by atoms with van der Waals surface area (Å²) < 4.78 is 0. The Morgan fingerprint density at radius 1 is 1.33 bits per heavy atom. The molecule has 0 bridgehead atoms. The van der Waals surface area contributed by atoms with E-state index in [1.54, 1.807) is 6.21 Å². The number of aliphatic hydroxyl groups excluding tert-OH is 1. The van der Waals surface area contributed by atoms with E-state index < -0.39 is 12.1 Å². The number of aliphatic hydroxyl groups is 1. The molecule has 1 unspecified atom stereocenters. The van der Waals surface area contributed by atoms with E-state index in [2.05, 4.69) is 4.99 Å². The number of allylic oxidation sites excluding steroid dienone is 1. The summed E-state index contributed by atoms with van der Waals surface area (Å²) in [7, 11) is 0. The molecule has 0 fully saturated rings. The van der Waals surface area contributed by atoms with Crippen molar-refractivity contribution in [2.24, 2.45) is 4.99 Å². The van der Waals surface area contributed by atoms with Gasteiger partial charge in [-0.15, -0.1) is 0 Å². The molecule has 2 rings (SSSR count). The molecule has 2 N–H and O–H groups in total. The third-order valence-electron chi connectivity index (χ3n) is 2.96. The van der Waals surface area contributed by atoms with Gasteiger partial charge in [0.05, 0.1) is 6.54 Å². The van der Waals surface area contributed by atoms with Crippen LogP contribution in [0, 0.1) is 0 Å². The van der Waals surface area contributed by atoms with E-state index in [1.165, 1.54) is 5.57 Å². The molecule has 0 saturated carbocycles. The van der Waals surface area contributed by atoms with Crippen LogP contribution in [0.25, 0.3) is 5.57 Å². The van der Waals surface area contributed by atoms with Gasteiger partial charge in [-0.1, -0.05) is 24.3 Å². The monoisotopic (exact) mass is 245 g/mol. The van der Waals surface area contributed by atoms with Gasteiger partial charge in [-0.25, -0.2) is 4.79 Å². The lowest BCUT2D eigenvalue weighted by Gasteiger charge is -2.07. The number of carboxylic acids is 1. The van der Waals surface area contributed by atoms with Crippen molar-refractivity contribution in [2.45, 2.75) is 18.9 Å². The Kier molecular flexibility index (Phi) is 3.89. The summed E-state index contributed by atoms with van der Waals surface area (Å²) in [6.07, 6.45) is 3.30. The first-order chi connectivity index (χ1) is 8.66. The summed E-state index contributed by atoms with van der Waals surface area (Å²) >= 11 is 0. The van der Waals surface area contributed by atoms with Crippen LogP contribution in [0.15, 0.2) is 35.3 Å². The molecule has 94 valence electrons. The molecule has 0 saturated heterocycles. The Morgan fingerprint density at radius 2 is 2.06 bits per heavy atom. The summed E-state index contributed by atoms with van der Waals surface area (Å²) in [5, 5.41) is 17.8. The second-order valence-electron chi connectivity index (χ2n) is 4.27. The fourth-order valence-corrected chi connectivity index (χ4v) is 1.85. The maximum absolute atomic E-state index is 10.5. The minimum atomic E-state index is -1.28. The third kappa shape index (κ3) is 3.05. The number of aliphatic imine (C=N–C) groups is 1. The van der Waals surface area contributed by atoms with Crippen LogP contribution in [0.1, 0.15) is 17.5 Å². The Labute approximate surface area is 105 Å². The molecule has 0 amide bonds. The second kappa shape index (κ2) is 5.60. The molecule has 4 heteroatoms. The molecule has 0 spiro atoms. The average Bonchev–Trinajstić information content (AvgIpc) is 2.90. The molecule has 1 aromatic rings. The summed E-state index contributed by atoms with van der Waals surface area (Å²) in [5.74, 6) is -1.17. The molecule has 0 radical (unpaired) electrons. The minimum Gasteiger partial charge on any atom is -0.479 e. The lowest BCUT2D eigenvalue weighted by molar-refractivity contribution is -0.146. The van der Waals surface area contributed by atoms with Gasteiger partial charge in [0.15, 0.2) is 6.10 Å². The van der Waals surface area contributed by atoms with E-state index >= 15 is 0 Å². The van der Waals surface area contributed by atoms with Crippen molar-refractivity contribution < 1.29 is 15.0 Å². The zero-order valence-electron chi connectivity index (χ0n) is 9.91. The first-order valence-corrected chi connectivity index (χ1v) is 5.86. The van der Waals surface area contributed by atoms with Crippen LogP contribution in [0.5, 0.6) is 0 Å². The normalized spacial score (nSPS) is 15.5. The summed E-state index contributed by atoms with van der Waals surface area (Å²) in [4.78, 5) is 14.6. The lowest BCUT2D eigenvalue weighted by Crippen LogP contribution is -2.19. The predicted molar refractivity (Wildman–Crippen MR) is 69.7 cm³/mol. The molecule has 0 aliphatic carbocycles. The molecule has 1 atom stereocenters. The van der Waals surface area contributed by atoms with Gasteiger partial charge in [0, 0.05) is 6.21 Å². The smallest absolute Gasteiger partial charge is 0.332 e. The molecular formula is C14H15NO3. The summed E-state index contributed by atoms with van der Waals surface area (Å²) in [5.41, 5.74) is 3.35. The number of hydrogen-bond donors (Lipinski definition) is 2. The van der Waals surface area contributed by atoms with Crippen molar-refractivity contribution in [3.8, 4) is 0 Å². The molecule has 4 nitrogen and oxygen atoms in total. The quantitative estimate of drug-likeness (QED) is 0.826. The standard InChI is InChI=1S/C14H15NO3/c16-13(14(17)18)6-3-10-1-4-11(5-2-10)12-7-8-15-9-12/h1-2,4-5,7-8,13,16H,3,6,9H2,(H,17,18). The third-order valence-corrected chi connectivity index (χ3v) is 2.96. The highest BCUT2D eigenvalue weighted by molar-refractivity contribution is 5.89. The molecule has 1 aliphatic heterocycles. The van der Waals surface area contributed by atoms with Crippen molar-refractivity contribution >= 4 is 17.8 Å². The second-order valence-corrected chi connectivity index (χ2v) is 4.27. The van der Waals surface area contributed by atoms with Gasteiger partial charge in [-0.05, 0) is 35.6 Å². The van der Waals surface area contributed by atoms with Gasteiger partial charge < -0.3 is 10.2 Å². The minimum absolute atomic E-state index is 0.237. The van der Waals surface area contributed by atoms with Gasteiger partial charge in [0.2, 0.25) is 0 Å². The molecular weight excluding hydrogens is 230 g/mol. The predicted octanol–water partition coefficient (Wildman–Crippen LogP) is 1.53. The zero-order chi connectivity index (χ0) is 13.0. The average molecular weight is 245 g/mol. The highest BCUT2D eigenvalue weighted by atomic mass is 16.4. The van der Waals surface area contributed by atoms with Gasteiger partial charge in [-0.2, -0.15) is 0 Å². The summed E-state index contributed by atoms with van der Waals surface area (Å²) in [6, 6.07) is 7.93. The maximum atomic E-state index is 10.5. The Hall–Kier alpha value is -1.94. The van der Waals surface area contributed by atoms with Crippen LogP contribution in [-0.2, 0) is 11.2 Å². The fraction of sp³-hybridized carbons (Fsp3) is 0.286. The number of aryl methyl sites for hydroxylation is 1. The van der Waals surface area contributed by atoms with E-state index in [1.807, 2.05) is 30.3 Å². The number of rotatable bonds is 5. The van der Waals surface area contributed by atoms with Crippen LogP contribution in [0.3, 0.4) is 0 Å². The van der Waals surface area contributed by atoms with Crippen molar-refractivity contribution in [1.29, 1.82) is 0 Å². The number of carboxylic acid groups (broad SMARTS) is 1. The molecule has 1 heterocycles. The van der Waals surface area contributed by atoms with Crippen molar-refractivity contribution in [1.82, 2.24) is 0 Å². The van der Waals surface area contributed by atoms with Gasteiger partial charge in [0.25, 0.3) is 0 Å². The molecule has 1 aromatic carbocycles. The highest BCUT2D eigenvalue weighted by Crippen LogP contribution is 2.18. The number of hydrogen-bond acceptors (Lipinski definition) is 3. The number of aliphatic carboxylic acids is 1. The van der Waals surface area contributed by atoms with Crippen LogP contribution in [0.2, 0.25) is 0 Å². The number of nitrogens with zero attached hydrogens (tertiary/aromatic N) is 1. The van der Waals surface area contributed by atoms with Crippen LogP contribution < -0.4 is 0 Å². The van der Waals surface area contributed by atoms with Gasteiger partial charge in [-0.3, -0.25) is 4.99 Å². The van der Waals surface area contributed by atoms with E-state index in [-0.39, 0.29) is 6.42 Å². The molecule has 18 heavy (non-hydrogen) atoms. The van der Waals surface area contributed by atoms with E-state index in [4.69, 9.17) is 5.11 Å². The first-order valence-electron chi connectivity index (χ1n) is 5.86. The van der Waals surface area contributed by atoms with Crippen LogP contribution in [0.4, 0.5) is 0 Å². The van der Waals surface area contributed by atoms with E-state index in [0.717, 1.165) is 17.7 Å². The van der Waals surface area contributed by atoms with Crippen molar-refractivity contribution in [3.63, 3.8) is 0 Å².